The Labute approximate surface area is 176 Å². The maximum Gasteiger partial charge on any atom is 0.352 e. The second kappa shape index (κ2) is 8.90. The zero-order chi connectivity index (χ0) is 21.1. The minimum Gasteiger partial charge on any atom is -0.497 e. The van der Waals surface area contributed by atoms with Crippen LogP contribution in [0.1, 0.15) is 40.0 Å². The van der Waals surface area contributed by atoms with E-state index in [4.69, 9.17) is 9.47 Å². The van der Waals surface area contributed by atoms with E-state index in [2.05, 4.69) is 11.4 Å². The smallest absolute Gasteiger partial charge is 0.352 e. The average Bonchev–Trinajstić information content (AvgIpc) is 3.35. The van der Waals surface area contributed by atoms with Crippen LogP contribution in [-0.2, 0) is 17.8 Å². The average molecular weight is 408 g/mol. The van der Waals surface area contributed by atoms with Gasteiger partial charge >= 0.3 is 5.97 Å². The maximum absolute atomic E-state index is 12.3. The molecule has 4 rings (SSSR count). The molecule has 30 heavy (non-hydrogen) atoms. The van der Waals surface area contributed by atoms with Gasteiger partial charge in [-0.15, -0.1) is 0 Å². The molecule has 158 valence electrons. The van der Waals surface area contributed by atoms with E-state index in [-0.39, 0.29) is 6.10 Å². The molecule has 0 aliphatic carbocycles. The zero-order valence-corrected chi connectivity index (χ0v) is 17.5. The number of benzene rings is 2. The highest BCUT2D eigenvalue weighted by Gasteiger charge is 2.23. The van der Waals surface area contributed by atoms with Crippen LogP contribution in [0.25, 0.3) is 10.9 Å². The predicted molar refractivity (Wildman–Crippen MR) is 116 cm³/mol. The molecule has 1 aliphatic heterocycles. The van der Waals surface area contributed by atoms with Gasteiger partial charge in [0.2, 0.25) is 0 Å². The van der Waals surface area contributed by atoms with Gasteiger partial charge in [-0.05, 0) is 49.1 Å². The Morgan fingerprint density at radius 1 is 1.27 bits per heavy atom. The molecule has 0 amide bonds. The van der Waals surface area contributed by atoms with Crippen LogP contribution in [0.3, 0.4) is 0 Å². The van der Waals surface area contributed by atoms with E-state index in [9.17, 15) is 9.90 Å². The fourth-order valence-corrected chi connectivity index (χ4v) is 4.20. The Balaban J connectivity index is 1.70. The quantitative estimate of drug-likeness (QED) is 0.590. The molecule has 0 bridgehead atoms. The summed E-state index contributed by atoms with van der Waals surface area (Å²) in [5.74, 6) is -0.129. The first-order valence-electron chi connectivity index (χ1n) is 10.4. The summed E-state index contributed by atoms with van der Waals surface area (Å²) < 4.78 is 12.8. The number of fused-ring (bicyclic) bond motifs is 1. The molecule has 1 aliphatic rings. The molecule has 2 aromatic carbocycles. The Kier molecular flexibility index (Phi) is 6.06. The summed E-state index contributed by atoms with van der Waals surface area (Å²) in [5.41, 5.74) is 4.23. The van der Waals surface area contributed by atoms with Crippen molar-refractivity contribution in [3.63, 3.8) is 0 Å². The van der Waals surface area contributed by atoms with Crippen molar-refractivity contribution in [2.45, 2.75) is 39.0 Å². The van der Waals surface area contributed by atoms with E-state index in [1.54, 1.807) is 7.11 Å². The second-order valence-corrected chi connectivity index (χ2v) is 7.85. The highest BCUT2D eigenvalue weighted by atomic mass is 16.5. The second-order valence-electron chi connectivity index (χ2n) is 7.85. The summed E-state index contributed by atoms with van der Waals surface area (Å²) in [5, 5.41) is 14.5. The van der Waals surface area contributed by atoms with Crippen LogP contribution in [0.15, 0.2) is 42.5 Å². The van der Waals surface area contributed by atoms with E-state index in [0.717, 1.165) is 59.3 Å². The lowest BCUT2D eigenvalue weighted by molar-refractivity contribution is 0.0684. The molecule has 0 saturated carbocycles. The number of carbonyl (C=O) groups is 1. The first-order valence-corrected chi connectivity index (χ1v) is 10.4. The highest BCUT2D eigenvalue weighted by molar-refractivity contribution is 5.98. The lowest BCUT2D eigenvalue weighted by Gasteiger charge is -2.12. The molecule has 2 heterocycles. The number of aromatic nitrogens is 1. The Morgan fingerprint density at radius 3 is 2.73 bits per heavy atom. The van der Waals surface area contributed by atoms with Gasteiger partial charge in [-0.2, -0.15) is 0 Å². The minimum absolute atomic E-state index is 0.216. The number of hydrogen-bond acceptors (Lipinski definition) is 4. The highest BCUT2D eigenvalue weighted by Crippen LogP contribution is 2.29. The van der Waals surface area contributed by atoms with E-state index < -0.39 is 5.97 Å². The number of aromatic carboxylic acids is 1. The molecule has 6 nitrogen and oxygen atoms in total. The fourth-order valence-electron chi connectivity index (χ4n) is 4.20. The number of hydrogen-bond donors (Lipinski definition) is 2. The molecular weight excluding hydrogens is 380 g/mol. The molecule has 0 spiro atoms. The molecule has 1 unspecified atom stereocenters. The number of rotatable bonds is 8. The van der Waals surface area contributed by atoms with E-state index in [1.165, 1.54) is 0 Å². The molecule has 1 atom stereocenters. The first-order chi connectivity index (χ1) is 14.6. The minimum atomic E-state index is -0.911. The lowest BCUT2D eigenvalue weighted by Crippen LogP contribution is -2.26. The van der Waals surface area contributed by atoms with Crippen LogP contribution >= 0.6 is 0 Å². The third-order valence-electron chi connectivity index (χ3n) is 5.73. The molecule has 2 N–H and O–H groups in total. The van der Waals surface area contributed by atoms with Crippen molar-refractivity contribution in [2.24, 2.45) is 0 Å². The van der Waals surface area contributed by atoms with E-state index in [0.29, 0.717) is 18.8 Å². The summed E-state index contributed by atoms with van der Waals surface area (Å²) in [6, 6.07) is 13.9. The van der Waals surface area contributed by atoms with Gasteiger partial charge in [-0.25, -0.2) is 4.79 Å². The summed E-state index contributed by atoms with van der Waals surface area (Å²) in [6.07, 6.45) is 2.36. The molecule has 6 heteroatoms. The fraction of sp³-hybridized carbons (Fsp3) is 0.375. The summed E-state index contributed by atoms with van der Waals surface area (Å²) in [7, 11) is 1.63. The Bertz CT molecular complexity index is 1030. The summed E-state index contributed by atoms with van der Waals surface area (Å²) >= 11 is 0. The van der Waals surface area contributed by atoms with Gasteiger partial charge in [0, 0.05) is 42.7 Å². The monoisotopic (exact) mass is 408 g/mol. The van der Waals surface area contributed by atoms with Gasteiger partial charge in [0.1, 0.15) is 11.4 Å². The Morgan fingerprint density at radius 2 is 2.07 bits per heavy atom. The number of methoxy groups -OCH3 is 1. The van der Waals surface area contributed by atoms with Crippen LogP contribution in [-0.4, -0.2) is 42.0 Å². The largest absolute Gasteiger partial charge is 0.497 e. The predicted octanol–water partition coefficient (Wildman–Crippen LogP) is 3.97. The van der Waals surface area contributed by atoms with Gasteiger partial charge in [-0.3, -0.25) is 0 Å². The van der Waals surface area contributed by atoms with Crippen LogP contribution in [0.5, 0.6) is 5.75 Å². The van der Waals surface area contributed by atoms with Crippen molar-refractivity contribution in [3.05, 3.63) is 64.8 Å². The molecule has 1 fully saturated rings. The van der Waals surface area contributed by atoms with Gasteiger partial charge in [0.15, 0.2) is 0 Å². The Hall–Kier alpha value is -2.83. The SMILES string of the molecule is COc1ccc(Cn2c(C(=O)O)c(CNCC3CCCO3)c3ccc(C)cc32)cc1. The van der Waals surface area contributed by atoms with Crippen molar-refractivity contribution in [1.29, 1.82) is 0 Å². The number of carboxylic acid groups (broad SMARTS) is 1. The molecule has 3 aromatic rings. The summed E-state index contributed by atoms with van der Waals surface area (Å²) in [4.78, 5) is 12.3. The van der Waals surface area contributed by atoms with Crippen molar-refractivity contribution in [2.75, 3.05) is 20.3 Å². The standard InChI is InChI=1S/C24H28N2O4/c1-16-5-10-20-21(14-25-13-19-4-3-11-30-19)23(24(27)28)26(22(20)12-16)15-17-6-8-18(29-2)9-7-17/h5-10,12,19,25H,3-4,11,13-15H2,1-2H3,(H,27,28). The third kappa shape index (κ3) is 4.20. The normalized spacial score (nSPS) is 16.3. The van der Waals surface area contributed by atoms with E-state index >= 15 is 0 Å². The topological polar surface area (TPSA) is 72.7 Å². The van der Waals surface area contributed by atoms with Crippen LogP contribution in [0.4, 0.5) is 0 Å². The number of nitrogens with one attached hydrogen (secondary N) is 1. The number of aryl methyl sites for hydroxylation is 1. The zero-order valence-electron chi connectivity index (χ0n) is 17.5. The van der Waals surface area contributed by atoms with Gasteiger partial charge in [-0.1, -0.05) is 24.3 Å². The molecule has 1 saturated heterocycles. The van der Waals surface area contributed by atoms with Gasteiger partial charge in [0.05, 0.1) is 13.2 Å². The van der Waals surface area contributed by atoms with Gasteiger partial charge < -0.3 is 24.5 Å². The van der Waals surface area contributed by atoms with Crippen molar-refractivity contribution in [3.8, 4) is 5.75 Å². The lowest BCUT2D eigenvalue weighted by atomic mass is 10.1. The number of nitrogens with zero attached hydrogens (tertiary/aromatic N) is 1. The molecule has 1 aromatic heterocycles. The maximum atomic E-state index is 12.3. The third-order valence-corrected chi connectivity index (χ3v) is 5.73. The molecule has 0 radical (unpaired) electrons. The van der Waals surface area contributed by atoms with Crippen molar-refractivity contribution >= 4 is 16.9 Å². The number of carboxylic acids is 1. The van der Waals surface area contributed by atoms with Crippen LogP contribution in [0, 0.1) is 6.92 Å². The number of ether oxygens (including phenoxy) is 2. The first kappa shape index (κ1) is 20.4. The molecular formula is C24H28N2O4. The van der Waals surface area contributed by atoms with Crippen LogP contribution < -0.4 is 10.1 Å². The van der Waals surface area contributed by atoms with Crippen molar-refractivity contribution < 1.29 is 19.4 Å². The van der Waals surface area contributed by atoms with Crippen LogP contribution in [0.2, 0.25) is 0 Å². The van der Waals surface area contributed by atoms with E-state index in [1.807, 2.05) is 47.9 Å². The van der Waals surface area contributed by atoms with Gasteiger partial charge in [0.25, 0.3) is 0 Å². The summed E-state index contributed by atoms with van der Waals surface area (Å²) in [6.45, 7) is 4.55. The van der Waals surface area contributed by atoms with Crippen molar-refractivity contribution in [1.82, 2.24) is 9.88 Å².